The Bertz CT molecular complexity index is 317. The smallest absolute Gasteiger partial charge is 0.168 e. The lowest BCUT2D eigenvalue weighted by Crippen LogP contribution is -2.24. The number of aromatic hydroxyl groups is 1. The fraction of sp³-hybridized carbons (Fsp3) is 0.333. The molecule has 2 nitrogen and oxygen atoms in total. The first-order valence-corrected chi connectivity index (χ1v) is 3.99. The summed E-state index contributed by atoms with van der Waals surface area (Å²) in [5.41, 5.74) is 1.62. The number of halogens is 2. The number of benzene rings is 1. The van der Waals surface area contributed by atoms with Crippen LogP contribution in [0.5, 0.6) is 5.75 Å². The largest absolute Gasteiger partial charge is 0.505 e. The van der Waals surface area contributed by atoms with Gasteiger partial charge in [0.25, 0.3) is 0 Å². The van der Waals surface area contributed by atoms with Crippen LogP contribution in [-0.2, 0) is 13.0 Å². The first-order chi connectivity index (χ1) is 5.79. The minimum atomic E-state index is -0.450. The molecular weight excluding hydrogens is 237 g/mol. The molecule has 1 aliphatic heterocycles. The van der Waals surface area contributed by atoms with E-state index >= 15 is 0 Å². The number of phenolic OH excluding ortho intramolecular Hbond substituents is 1. The Morgan fingerprint density at radius 2 is 2.15 bits per heavy atom. The zero-order valence-electron chi connectivity index (χ0n) is 7.01. The van der Waals surface area contributed by atoms with E-state index in [0.29, 0.717) is 18.5 Å². The topological polar surface area (TPSA) is 32.3 Å². The molecule has 0 saturated heterocycles. The molecule has 0 atom stereocenters. The van der Waals surface area contributed by atoms with Gasteiger partial charge in [-0.3, -0.25) is 0 Å². The predicted octanol–water partition coefficient (Wildman–Crippen LogP) is 1.75. The summed E-state index contributed by atoms with van der Waals surface area (Å²) in [5, 5.41) is 12.2. The van der Waals surface area contributed by atoms with E-state index in [2.05, 4.69) is 5.32 Å². The van der Waals surface area contributed by atoms with Crippen molar-refractivity contribution in [2.45, 2.75) is 13.0 Å². The van der Waals surface area contributed by atoms with E-state index in [4.69, 9.17) is 5.11 Å². The molecule has 0 radical (unpaired) electrons. The van der Waals surface area contributed by atoms with Crippen LogP contribution >= 0.6 is 17.0 Å². The summed E-state index contributed by atoms with van der Waals surface area (Å²) in [4.78, 5) is 0. The van der Waals surface area contributed by atoms with Crippen molar-refractivity contribution in [3.8, 4) is 5.75 Å². The normalized spacial score (nSPS) is 14.5. The second-order valence-corrected chi connectivity index (χ2v) is 2.96. The first kappa shape index (κ1) is 10.5. The van der Waals surface area contributed by atoms with Gasteiger partial charge >= 0.3 is 0 Å². The van der Waals surface area contributed by atoms with Gasteiger partial charge in [-0.05, 0) is 30.2 Å². The van der Waals surface area contributed by atoms with Crippen molar-refractivity contribution in [3.63, 3.8) is 0 Å². The van der Waals surface area contributed by atoms with Crippen LogP contribution in [-0.4, -0.2) is 11.7 Å². The van der Waals surface area contributed by atoms with Crippen LogP contribution in [0.25, 0.3) is 0 Å². The SMILES string of the molecule is Br.Oc1ccc2c(c1F)CCNC2. The fourth-order valence-corrected chi connectivity index (χ4v) is 1.52. The van der Waals surface area contributed by atoms with Gasteiger partial charge in [0.15, 0.2) is 11.6 Å². The molecule has 0 spiro atoms. The molecule has 1 aromatic carbocycles. The van der Waals surface area contributed by atoms with Crippen molar-refractivity contribution >= 4 is 17.0 Å². The highest BCUT2D eigenvalue weighted by Gasteiger charge is 2.15. The highest BCUT2D eigenvalue weighted by Crippen LogP contribution is 2.24. The lowest BCUT2D eigenvalue weighted by atomic mass is 10.0. The zero-order valence-corrected chi connectivity index (χ0v) is 8.72. The maximum atomic E-state index is 13.2. The molecule has 4 heteroatoms. The van der Waals surface area contributed by atoms with Crippen molar-refractivity contribution in [3.05, 3.63) is 29.1 Å². The molecule has 0 amide bonds. The van der Waals surface area contributed by atoms with E-state index in [1.165, 1.54) is 6.07 Å². The second kappa shape index (κ2) is 4.07. The van der Waals surface area contributed by atoms with Gasteiger partial charge in [0, 0.05) is 6.54 Å². The van der Waals surface area contributed by atoms with Gasteiger partial charge in [-0.2, -0.15) is 0 Å². The molecule has 2 N–H and O–H groups in total. The highest BCUT2D eigenvalue weighted by molar-refractivity contribution is 8.93. The lowest BCUT2D eigenvalue weighted by Gasteiger charge is -2.17. The Kier molecular flexibility index (Phi) is 3.27. The molecule has 0 saturated carbocycles. The summed E-state index contributed by atoms with van der Waals surface area (Å²) < 4.78 is 13.2. The van der Waals surface area contributed by atoms with Crippen LogP contribution in [0.15, 0.2) is 12.1 Å². The lowest BCUT2D eigenvalue weighted by molar-refractivity contribution is 0.424. The minimum Gasteiger partial charge on any atom is -0.505 e. The van der Waals surface area contributed by atoms with Gasteiger partial charge in [0.05, 0.1) is 0 Å². The monoisotopic (exact) mass is 247 g/mol. The summed E-state index contributed by atoms with van der Waals surface area (Å²) in [5.74, 6) is -0.690. The van der Waals surface area contributed by atoms with Crippen LogP contribution in [0, 0.1) is 5.82 Å². The minimum absolute atomic E-state index is 0. The summed E-state index contributed by atoms with van der Waals surface area (Å²) in [6, 6.07) is 3.17. The van der Waals surface area contributed by atoms with E-state index < -0.39 is 5.82 Å². The van der Waals surface area contributed by atoms with Crippen LogP contribution in [0.3, 0.4) is 0 Å². The Labute approximate surface area is 86.5 Å². The van der Waals surface area contributed by atoms with Gasteiger partial charge in [-0.25, -0.2) is 4.39 Å². The number of hydrogen-bond donors (Lipinski definition) is 2. The molecule has 2 rings (SSSR count). The zero-order chi connectivity index (χ0) is 8.55. The molecule has 0 unspecified atom stereocenters. The number of fused-ring (bicyclic) bond motifs is 1. The molecule has 72 valence electrons. The standard InChI is InChI=1S/C9H10FNO.BrH/c10-9-7-3-4-11-5-6(7)1-2-8(9)12;/h1-2,11-12H,3-5H2;1H. The third-order valence-corrected chi connectivity index (χ3v) is 2.19. The molecule has 0 fully saturated rings. The van der Waals surface area contributed by atoms with Crippen molar-refractivity contribution in [1.82, 2.24) is 5.32 Å². The van der Waals surface area contributed by atoms with Crippen LogP contribution in [0.1, 0.15) is 11.1 Å². The van der Waals surface area contributed by atoms with Crippen molar-refractivity contribution in [2.24, 2.45) is 0 Å². The van der Waals surface area contributed by atoms with Crippen LogP contribution in [0.4, 0.5) is 4.39 Å². The molecule has 1 aromatic rings. The maximum absolute atomic E-state index is 13.2. The molecule has 0 bridgehead atoms. The van der Waals surface area contributed by atoms with Crippen molar-refractivity contribution in [2.75, 3.05) is 6.54 Å². The van der Waals surface area contributed by atoms with E-state index in [9.17, 15) is 4.39 Å². The number of phenols is 1. The molecule has 1 heterocycles. The fourth-order valence-electron chi connectivity index (χ4n) is 1.52. The summed E-state index contributed by atoms with van der Waals surface area (Å²) in [7, 11) is 0. The summed E-state index contributed by atoms with van der Waals surface area (Å²) in [6.45, 7) is 1.49. The van der Waals surface area contributed by atoms with E-state index in [1.54, 1.807) is 6.07 Å². The van der Waals surface area contributed by atoms with Gasteiger partial charge in [0.2, 0.25) is 0 Å². The third-order valence-electron chi connectivity index (χ3n) is 2.19. The van der Waals surface area contributed by atoms with E-state index in [-0.39, 0.29) is 22.7 Å². The van der Waals surface area contributed by atoms with Gasteiger partial charge in [0.1, 0.15) is 0 Å². The van der Waals surface area contributed by atoms with Crippen molar-refractivity contribution < 1.29 is 9.50 Å². The Hall–Kier alpha value is -0.610. The Balaban J connectivity index is 0.000000845. The van der Waals surface area contributed by atoms with E-state index in [1.807, 2.05) is 0 Å². The number of hydrogen-bond acceptors (Lipinski definition) is 2. The molecule has 0 aromatic heterocycles. The number of nitrogens with one attached hydrogen (secondary N) is 1. The molecular formula is C9H11BrFNO. The Morgan fingerprint density at radius 3 is 2.92 bits per heavy atom. The maximum Gasteiger partial charge on any atom is 0.168 e. The second-order valence-electron chi connectivity index (χ2n) is 2.96. The first-order valence-electron chi connectivity index (χ1n) is 3.99. The average molecular weight is 248 g/mol. The van der Waals surface area contributed by atoms with Crippen LogP contribution in [0.2, 0.25) is 0 Å². The summed E-state index contributed by atoms with van der Waals surface area (Å²) in [6.07, 6.45) is 0.662. The van der Waals surface area contributed by atoms with Crippen molar-refractivity contribution in [1.29, 1.82) is 0 Å². The number of rotatable bonds is 0. The summed E-state index contributed by atoms with van der Waals surface area (Å²) >= 11 is 0. The predicted molar refractivity (Wildman–Crippen MR) is 53.8 cm³/mol. The Morgan fingerprint density at radius 1 is 1.38 bits per heavy atom. The van der Waals surface area contributed by atoms with E-state index in [0.717, 1.165) is 12.1 Å². The van der Waals surface area contributed by atoms with Crippen LogP contribution < -0.4 is 5.32 Å². The van der Waals surface area contributed by atoms with Gasteiger partial charge in [-0.15, -0.1) is 17.0 Å². The molecule has 1 aliphatic rings. The molecule has 13 heavy (non-hydrogen) atoms. The molecule has 0 aliphatic carbocycles. The third kappa shape index (κ3) is 1.84. The quantitative estimate of drug-likeness (QED) is 0.733. The van der Waals surface area contributed by atoms with Gasteiger partial charge in [-0.1, -0.05) is 6.07 Å². The highest BCUT2D eigenvalue weighted by atomic mass is 79.9. The van der Waals surface area contributed by atoms with Gasteiger partial charge < -0.3 is 10.4 Å². The average Bonchev–Trinajstić information content (AvgIpc) is 2.12.